The van der Waals surface area contributed by atoms with Crippen LogP contribution in [0.2, 0.25) is 0 Å². The Morgan fingerprint density at radius 2 is 1.50 bits per heavy atom. The van der Waals surface area contributed by atoms with Gasteiger partial charge in [-0.15, -0.1) is 0 Å². The van der Waals surface area contributed by atoms with Crippen LogP contribution in [-0.2, 0) is 6.54 Å². The molecule has 1 nitrogen and oxygen atoms in total. The second kappa shape index (κ2) is 7.99. The van der Waals surface area contributed by atoms with Gasteiger partial charge in [0.05, 0.1) is 7.05 Å². The summed E-state index contributed by atoms with van der Waals surface area (Å²) >= 11 is 4.52. The molecule has 2 unspecified atom stereocenters. The van der Waals surface area contributed by atoms with E-state index in [0.717, 1.165) is 6.54 Å². The Morgan fingerprint density at radius 3 is 2.23 bits per heavy atom. The molecule has 0 fully saturated rings. The van der Waals surface area contributed by atoms with Crippen LogP contribution < -0.4 is 4.90 Å². The van der Waals surface area contributed by atoms with E-state index in [9.17, 15) is 0 Å². The summed E-state index contributed by atoms with van der Waals surface area (Å²) in [7, 11) is 2.31. The van der Waals surface area contributed by atoms with Gasteiger partial charge in [0, 0.05) is 19.6 Å². The molecule has 3 heteroatoms. The zero-order valence-electron chi connectivity index (χ0n) is 14.7. The minimum Gasteiger partial charge on any atom is -0.319 e. The van der Waals surface area contributed by atoms with Crippen molar-refractivity contribution < 1.29 is 4.90 Å². The van der Waals surface area contributed by atoms with Gasteiger partial charge in [-0.25, -0.2) is 0 Å². The molecule has 1 N–H and O–H groups in total. The highest BCUT2D eigenvalue weighted by molar-refractivity contribution is 14.1. The van der Waals surface area contributed by atoms with Gasteiger partial charge in [-0.05, 0) is 33.7 Å². The zero-order valence-corrected chi connectivity index (χ0v) is 17.6. The Bertz CT molecular complexity index is 921. The minimum atomic E-state index is 0.426. The SMILES string of the molecule is C[NH+](Cc1ccccc1)C1S/C(=C(/I)c2ccccc2)c2ccccc21. The Labute approximate surface area is 173 Å². The zero-order chi connectivity index (χ0) is 17.9. The fourth-order valence-corrected chi connectivity index (χ4v) is 5.86. The number of hydrogen-bond donors (Lipinski definition) is 1. The molecule has 0 saturated heterocycles. The molecule has 3 aromatic rings. The van der Waals surface area contributed by atoms with Crippen molar-refractivity contribution in [3.63, 3.8) is 0 Å². The van der Waals surface area contributed by atoms with Crippen LogP contribution in [0, 0.1) is 0 Å². The van der Waals surface area contributed by atoms with Crippen LogP contribution in [0.3, 0.4) is 0 Å². The van der Waals surface area contributed by atoms with Crippen molar-refractivity contribution in [1.29, 1.82) is 0 Å². The van der Waals surface area contributed by atoms with E-state index in [2.05, 4.69) is 115 Å². The molecule has 0 spiro atoms. The van der Waals surface area contributed by atoms with E-state index in [1.165, 1.54) is 35.6 Å². The molecule has 3 aromatic carbocycles. The maximum absolute atomic E-state index is 2.51. The fourth-order valence-electron chi connectivity index (χ4n) is 3.44. The molecule has 0 saturated carbocycles. The van der Waals surface area contributed by atoms with Gasteiger partial charge in [-0.2, -0.15) is 0 Å². The Kier molecular flexibility index (Phi) is 5.48. The lowest BCUT2D eigenvalue weighted by Gasteiger charge is -2.21. The first-order valence-electron chi connectivity index (χ1n) is 8.81. The van der Waals surface area contributed by atoms with E-state index >= 15 is 0 Å². The molecular weight excluding hydrogens is 449 g/mol. The monoisotopic (exact) mass is 470 g/mol. The molecule has 0 amide bonds. The summed E-state index contributed by atoms with van der Waals surface area (Å²) in [6, 6.07) is 30.4. The van der Waals surface area contributed by atoms with Crippen molar-refractivity contribution in [1.82, 2.24) is 0 Å². The molecule has 130 valence electrons. The van der Waals surface area contributed by atoms with E-state index in [1.54, 1.807) is 0 Å². The van der Waals surface area contributed by atoms with Crippen LogP contribution >= 0.6 is 34.4 Å². The maximum atomic E-state index is 2.51. The van der Waals surface area contributed by atoms with Crippen LogP contribution in [0.1, 0.15) is 27.6 Å². The third kappa shape index (κ3) is 3.61. The summed E-state index contributed by atoms with van der Waals surface area (Å²) in [6.45, 7) is 1.03. The van der Waals surface area contributed by atoms with Crippen LogP contribution in [0.15, 0.2) is 84.9 Å². The summed E-state index contributed by atoms with van der Waals surface area (Å²) in [5.41, 5.74) is 5.53. The molecule has 26 heavy (non-hydrogen) atoms. The summed E-state index contributed by atoms with van der Waals surface area (Å²) < 4.78 is 1.34. The lowest BCUT2D eigenvalue weighted by molar-refractivity contribution is -0.909. The first kappa shape index (κ1) is 17.8. The molecule has 0 bridgehead atoms. The average molecular weight is 470 g/mol. The third-order valence-electron chi connectivity index (χ3n) is 4.72. The van der Waals surface area contributed by atoms with Crippen LogP contribution in [0.25, 0.3) is 8.48 Å². The van der Waals surface area contributed by atoms with E-state index in [-0.39, 0.29) is 0 Å². The number of halogens is 1. The predicted molar refractivity (Wildman–Crippen MR) is 121 cm³/mol. The molecule has 1 heterocycles. The van der Waals surface area contributed by atoms with Crippen molar-refractivity contribution in [2.45, 2.75) is 11.9 Å². The predicted octanol–water partition coefficient (Wildman–Crippen LogP) is 5.41. The van der Waals surface area contributed by atoms with Crippen LogP contribution in [0.5, 0.6) is 0 Å². The van der Waals surface area contributed by atoms with Gasteiger partial charge in [0.25, 0.3) is 0 Å². The quantitative estimate of drug-likeness (QED) is 0.500. The van der Waals surface area contributed by atoms with Crippen LogP contribution in [-0.4, -0.2) is 7.05 Å². The highest BCUT2D eigenvalue weighted by Gasteiger charge is 2.34. The molecule has 1 aliphatic rings. The lowest BCUT2D eigenvalue weighted by atomic mass is 10.0. The number of fused-ring (bicyclic) bond motifs is 1. The first-order chi connectivity index (χ1) is 12.7. The number of benzene rings is 3. The maximum Gasteiger partial charge on any atom is 0.165 e. The molecule has 1 aliphatic heterocycles. The van der Waals surface area contributed by atoms with Crippen molar-refractivity contribution in [3.05, 3.63) is 107 Å². The molecule has 0 radical (unpaired) electrons. The number of nitrogens with one attached hydrogen (secondary N) is 1. The van der Waals surface area contributed by atoms with Crippen molar-refractivity contribution in [3.8, 4) is 0 Å². The highest BCUT2D eigenvalue weighted by Crippen LogP contribution is 2.51. The van der Waals surface area contributed by atoms with E-state index in [1.807, 2.05) is 11.8 Å². The smallest absolute Gasteiger partial charge is 0.165 e. The van der Waals surface area contributed by atoms with Crippen molar-refractivity contribution >= 4 is 42.8 Å². The molecule has 2 atom stereocenters. The number of quaternary nitrogens is 1. The third-order valence-corrected chi connectivity index (χ3v) is 7.80. The second-order valence-electron chi connectivity index (χ2n) is 6.60. The molecular formula is C23H21INS+. The summed E-state index contributed by atoms with van der Waals surface area (Å²) in [6.07, 6.45) is 0. The number of rotatable bonds is 4. The Balaban J connectivity index is 1.69. The highest BCUT2D eigenvalue weighted by atomic mass is 127. The fraction of sp³-hybridized carbons (Fsp3) is 0.130. The standard InChI is InChI=1S/C23H20INS/c1-25(16-17-10-4-2-5-11-17)23-20-15-9-8-14-19(20)22(26-23)21(24)18-12-6-3-7-13-18/h2-15,23H,16H2,1H3/p+1/b22-21+. The van der Waals surface area contributed by atoms with E-state index in [0.29, 0.717) is 5.37 Å². The van der Waals surface area contributed by atoms with Gasteiger partial charge in [-0.1, -0.05) is 96.7 Å². The second-order valence-corrected chi connectivity index (χ2v) is 8.80. The van der Waals surface area contributed by atoms with E-state index in [4.69, 9.17) is 0 Å². The van der Waals surface area contributed by atoms with Crippen molar-refractivity contribution in [2.75, 3.05) is 7.05 Å². The first-order valence-corrected chi connectivity index (χ1v) is 10.8. The Hall–Kier alpha value is -1.56. The van der Waals surface area contributed by atoms with Gasteiger partial charge >= 0.3 is 0 Å². The van der Waals surface area contributed by atoms with Gasteiger partial charge < -0.3 is 4.90 Å². The largest absolute Gasteiger partial charge is 0.319 e. The van der Waals surface area contributed by atoms with E-state index < -0.39 is 0 Å². The Morgan fingerprint density at radius 1 is 0.885 bits per heavy atom. The summed E-state index contributed by atoms with van der Waals surface area (Å²) in [5, 5.41) is 0.426. The van der Waals surface area contributed by atoms with Gasteiger partial charge in [-0.3, -0.25) is 0 Å². The molecule has 4 rings (SSSR count). The topological polar surface area (TPSA) is 4.44 Å². The summed E-state index contributed by atoms with van der Waals surface area (Å²) in [5.74, 6) is 0. The minimum absolute atomic E-state index is 0.426. The van der Waals surface area contributed by atoms with Gasteiger partial charge in [0.15, 0.2) is 5.37 Å². The normalized spacial score (nSPS) is 19.1. The molecule has 0 aliphatic carbocycles. The van der Waals surface area contributed by atoms with Crippen molar-refractivity contribution in [2.24, 2.45) is 0 Å². The lowest BCUT2D eigenvalue weighted by Crippen LogP contribution is -3.07. The average Bonchev–Trinajstić information content (AvgIpc) is 3.09. The number of thioether (sulfide) groups is 1. The summed E-state index contributed by atoms with van der Waals surface area (Å²) in [4.78, 5) is 2.92. The van der Waals surface area contributed by atoms with Gasteiger partial charge in [0.2, 0.25) is 0 Å². The molecule has 0 aromatic heterocycles. The van der Waals surface area contributed by atoms with Gasteiger partial charge in [0.1, 0.15) is 6.54 Å². The number of hydrogen-bond acceptors (Lipinski definition) is 1. The van der Waals surface area contributed by atoms with Crippen LogP contribution in [0.4, 0.5) is 0 Å².